The van der Waals surface area contributed by atoms with E-state index >= 15 is 0 Å². The molecule has 5 N–H and O–H groups in total. The van der Waals surface area contributed by atoms with E-state index in [9.17, 15) is 0 Å². The van der Waals surface area contributed by atoms with Crippen LogP contribution >= 0.6 is 0 Å². The van der Waals surface area contributed by atoms with Gasteiger partial charge >= 0.3 is 0 Å². The predicted molar refractivity (Wildman–Crippen MR) is 68.6 cm³/mol. The number of hydrazine groups is 1. The molecule has 0 saturated carbocycles. The van der Waals surface area contributed by atoms with Crippen molar-refractivity contribution in [2.75, 3.05) is 23.9 Å². The summed E-state index contributed by atoms with van der Waals surface area (Å²) in [5, 5.41) is 11.9. The van der Waals surface area contributed by atoms with E-state index in [1.165, 1.54) is 0 Å². The summed E-state index contributed by atoms with van der Waals surface area (Å²) < 4.78 is 0. The maximum absolute atomic E-state index is 8.64. The summed E-state index contributed by atoms with van der Waals surface area (Å²) in [6.45, 7) is 2.98. The molecule has 0 unspecified atom stereocenters. The van der Waals surface area contributed by atoms with Gasteiger partial charge in [-0.05, 0) is 19.8 Å². The molecule has 96 valence electrons. The third kappa shape index (κ3) is 5.46. The second-order valence-electron chi connectivity index (χ2n) is 3.89. The zero-order chi connectivity index (χ0) is 12.5. The van der Waals surface area contributed by atoms with Crippen molar-refractivity contribution in [3.05, 3.63) is 11.9 Å². The molecule has 0 aliphatic carbocycles. The average Bonchev–Trinajstić information content (AvgIpc) is 2.33. The molecule has 0 atom stereocenters. The molecule has 0 spiro atoms. The van der Waals surface area contributed by atoms with E-state index in [2.05, 4.69) is 20.7 Å². The number of nitrogen functional groups attached to an aromatic ring is 1. The molecule has 0 bridgehead atoms. The van der Waals surface area contributed by atoms with Gasteiger partial charge < -0.3 is 15.8 Å². The number of aliphatic hydroxyl groups is 1. The lowest BCUT2D eigenvalue weighted by atomic mass is 10.2. The Bertz CT molecular complexity index is 332. The van der Waals surface area contributed by atoms with Gasteiger partial charge in [-0.3, -0.25) is 0 Å². The van der Waals surface area contributed by atoms with Crippen LogP contribution in [0.3, 0.4) is 0 Å². The van der Waals surface area contributed by atoms with Crippen LogP contribution < -0.4 is 16.6 Å². The number of nitrogens with two attached hydrogens (primary N) is 1. The number of hydrogen-bond donors (Lipinski definition) is 4. The number of aliphatic hydroxyl groups excluding tert-OH is 1. The Labute approximate surface area is 102 Å². The maximum atomic E-state index is 8.64. The van der Waals surface area contributed by atoms with Crippen molar-refractivity contribution < 1.29 is 5.11 Å². The summed E-state index contributed by atoms with van der Waals surface area (Å²) in [7, 11) is 0. The lowest BCUT2D eigenvalue weighted by molar-refractivity contribution is 0.283. The molecule has 0 fully saturated rings. The molecule has 0 amide bonds. The average molecular weight is 239 g/mol. The first kappa shape index (κ1) is 13.7. The van der Waals surface area contributed by atoms with E-state index in [-0.39, 0.29) is 6.61 Å². The van der Waals surface area contributed by atoms with Gasteiger partial charge in [0.15, 0.2) is 0 Å². The number of nitrogens with zero attached hydrogens (tertiary/aromatic N) is 2. The minimum absolute atomic E-state index is 0.282. The first-order valence-electron chi connectivity index (χ1n) is 5.93. The van der Waals surface area contributed by atoms with Crippen LogP contribution in [0.2, 0.25) is 0 Å². The molecular formula is C11H21N5O. The Kier molecular flexibility index (Phi) is 6.27. The van der Waals surface area contributed by atoms with Crippen molar-refractivity contribution in [3.8, 4) is 0 Å². The molecule has 1 heterocycles. The number of rotatable bonds is 8. The van der Waals surface area contributed by atoms with Crippen molar-refractivity contribution in [2.24, 2.45) is 5.84 Å². The minimum Gasteiger partial charge on any atom is -0.396 e. The second-order valence-corrected chi connectivity index (χ2v) is 3.89. The minimum atomic E-state index is 0.282. The Morgan fingerprint density at radius 1 is 1.18 bits per heavy atom. The number of aromatic nitrogens is 2. The SMILES string of the molecule is Cc1nc(NN)cc(NCCCCCCO)n1. The molecule has 0 radical (unpaired) electrons. The molecule has 1 aromatic rings. The molecule has 1 aromatic heterocycles. The molecule has 6 nitrogen and oxygen atoms in total. The van der Waals surface area contributed by atoms with Gasteiger partial charge in [-0.15, -0.1) is 0 Å². The molecule has 1 rings (SSSR count). The van der Waals surface area contributed by atoms with Gasteiger partial charge in [0.1, 0.15) is 17.5 Å². The fourth-order valence-electron chi connectivity index (χ4n) is 1.54. The van der Waals surface area contributed by atoms with Gasteiger partial charge in [-0.2, -0.15) is 0 Å². The standard InChI is InChI=1S/C11H21N5O/c1-9-14-10(8-11(15-9)16-12)13-6-4-2-3-5-7-17/h8,17H,2-7,12H2,1H3,(H2,13,14,15,16). The normalized spacial score (nSPS) is 10.3. The molecule has 0 aliphatic rings. The molecule has 6 heteroatoms. The molecule has 0 saturated heterocycles. The summed E-state index contributed by atoms with van der Waals surface area (Å²) in [6, 6.07) is 1.78. The van der Waals surface area contributed by atoms with Gasteiger partial charge in [0.25, 0.3) is 0 Å². The van der Waals surface area contributed by atoms with E-state index in [4.69, 9.17) is 10.9 Å². The van der Waals surface area contributed by atoms with E-state index in [0.717, 1.165) is 38.0 Å². The van der Waals surface area contributed by atoms with Gasteiger partial charge in [0.2, 0.25) is 0 Å². The Hall–Kier alpha value is -1.40. The molecule has 0 aliphatic heterocycles. The molecule has 17 heavy (non-hydrogen) atoms. The topological polar surface area (TPSA) is 96.1 Å². The van der Waals surface area contributed by atoms with Gasteiger partial charge in [-0.25, -0.2) is 15.8 Å². The Morgan fingerprint density at radius 3 is 2.59 bits per heavy atom. The van der Waals surface area contributed by atoms with Crippen molar-refractivity contribution in [2.45, 2.75) is 32.6 Å². The number of aryl methyl sites for hydroxylation is 1. The lowest BCUT2D eigenvalue weighted by Crippen LogP contribution is -2.11. The van der Waals surface area contributed by atoms with Gasteiger partial charge in [0, 0.05) is 19.2 Å². The van der Waals surface area contributed by atoms with Gasteiger partial charge in [0.05, 0.1) is 0 Å². The van der Waals surface area contributed by atoms with Crippen molar-refractivity contribution in [1.29, 1.82) is 0 Å². The van der Waals surface area contributed by atoms with Crippen LogP contribution in [0, 0.1) is 6.92 Å². The first-order chi connectivity index (χ1) is 8.26. The number of anilines is 2. The smallest absolute Gasteiger partial charge is 0.145 e. The Morgan fingerprint density at radius 2 is 1.88 bits per heavy atom. The first-order valence-corrected chi connectivity index (χ1v) is 5.93. The highest BCUT2D eigenvalue weighted by Crippen LogP contribution is 2.10. The summed E-state index contributed by atoms with van der Waals surface area (Å²) in [5.41, 5.74) is 2.51. The summed E-state index contributed by atoms with van der Waals surface area (Å²) in [6.07, 6.45) is 4.12. The van der Waals surface area contributed by atoms with Crippen LogP contribution in [0.5, 0.6) is 0 Å². The monoisotopic (exact) mass is 239 g/mol. The van der Waals surface area contributed by atoms with E-state index in [1.54, 1.807) is 6.07 Å². The highest BCUT2D eigenvalue weighted by atomic mass is 16.2. The fourth-order valence-corrected chi connectivity index (χ4v) is 1.54. The van der Waals surface area contributed by atoms with Crippen LogP contribution in [0.4, 0.5) is 11.6 Å². The maximum Gasteiger partial charge on any atom is 0.145 e. The van der Waals surface area contributed by atoms with Crippen molar-refractivity contribution in [1.82, 2.24) is 9.97 Å². The largest absolute Gasteiger partial charge is 0.396 e. The van der Waals surface area contributed by atoms with Crippen LogP contribution in [-0.4, -0.2) is 28.2 Å². The van der Waals surface area contributed by atoms with Crippen LogP contribution in [-0.2, 0) is 0 Å². The summed E-state index contributed by atoms with van der Waals surface area (Å²) in [4.78, 5) is 8.36. The fraction of sp³-hybridized carbons (Fsp3) is 0.636. The second kappa shape index (κ2) is 7.81. The summed E-state index contributed by atoms with van der Waals surface area (Å²) >= 11 is 0. The highest BCUT2D eigenvalue weighted by molar-refractivity contribution is 5.46. The van der Waals surface area contributed by atoms with Crippen LogP contribution in [0.1, 0.15) is 31.5 Å². The lowest BCUT2D eigenvalue weighted by Gasteiger charge is -2.08. The van der Waals surface area contributed by atoms with Crippen LogP contribution in [0.15, 0.2) is 6.07 Å². The quantitative estimate of drug-likeness (QED) is 0.307. The van der Waals surface area contributed by atoms with E-state index < -0.39 is 0 Å². The summed E-state index contributed by atoms with van der Waals surface area (Å²) in [5.74, 6) is 7.39. The predicted octanol–water partition coefficient (Wildman–Crippen LogP) is 1.04. The molecule has 0 aromatic carbocycles. The van der Waals surface area contributed by atoms with E-state index in [0.29, 0.717) is 11.6 Å². The third-order valence-corrected chi connectivity index (χ3v) is 2.38. The van der Waals surface area contributed by atoms with Crippen molar-refractivity contribution >= 4 is 11.6 Å². The number of unbranched alkanes of at least 4 members (excludes halogenated alkanes) is 3. The number of hydrogen-bond acceptors (Lipinski definition) is 6. The number of nitrogens with one attached hydrogen (secondary N) is 2. The zero-order valence-electron chi connectivity index (χ0n) is 10.2. The highest BCUT2D eigenvalue weighted by Gasteiger charge is 1.99. The zero-order valence-corrected chi connectivity index (χ0v) is 10.2. The Balaban J connectivity index is 2.28. The van der Waals surface area contributed by atoms with Gasteiger partial charge in [-0.1, -0.05) is 12.8 Å². The van der Waals surface area contributed by atoms with Crippen LogP contribution in [0.25, 0.3) is 0 Å². The van der Waals surface area contributed by atoms with Crippen molar-refractivity contribution in [3.63, 3.8) is 0 Å². The molecular weight excluding hydrogens is 218 g/mol. The third-order valence-electron chi connectivity index (χ3n) is 2.38. The van der Waals surface area contributed by atoms with E-state index in [1.807, 2.05) is 6.92 Å².